The monoisotopic (exact) mass is 266 g/mol. The maximum Gasteiger partial charge on any atom is 0.384 e. The van der Waals surface area contributed by atoms with Crippen LogP contribution in [-0.2, 0) is 4.74 Å². The van der Waals surface area contributed by atoms with Gasteiger partial charge in [0.25, 0.3) is 12.1 Å². The van der Waals surface area contributed by atoms with Crippen molar-refractivity contribution in [1.29, 1.82) is 0 Å². The average Bonchev–Trinajstić information content (AvgIpc) is 2.27. The Balaban J connectivity index is 3.45. The van der Waals surface area contributed by atoms with Gasteiger partial charge in [-0.1, -0.05) is 11.6 Å². The zero-order valence-corrected chi connectivity index (χ0v) is 9.07. The van der Waals surface area contributed by atoms with E-state index >= 15 is 0 Å². The summed E-state index contributed by atoms with van der Waals surface area (Å²) in [5.41, 5.74) is -1.53. The zero-order valence-electron chi connectivity index (χ0n) is 8.32. The van der Waals surface area contributed by atoms with Gasteiger partial charge in [-0.3, -0.25) is 0 Å². The van der Waals surface area contributed by atoms with Crippen molar-refractivity contribution in [2.24, 2.45) is 0 Å². The molecule has 0 aliphatic heterocycles. The van der Waals surface area contributed by atoms with E-state index in [9.17, 15) is 23.7 Å². The highest BCUT2D eigenvalue weighted by atomic mass is 35.5. The molecule has 0 aliphatic rings. The van der Waals surface area contributed by atoms with Crippen LogP contribution in [0.15, 0.2) is 6.07 Å². The first-order valence-electron chi connectivity index (χ1n) is 4.09. The molecular weight excluding hydrogens is 262 g/mol. The number of hydrogen-bond donors (Lipinski definition) is 0. The molecule has 0 amide bonds. The molecule has 0 saturated heterocycles. The van der Waals surface area contributed by atoms with Crippen LogP contribution >= 0.6 is 11.6 Å². The summed E-state index contributed by atoms with van der Waals surface area (Å²) < 4.78 is 29.2. The minimum atomic E-state index is -3.12. The average molecular weight is 267 g/mol. The molecule has 1 aromatic heterocycles. The molecule has 0 aromatic carbocycles. The summed E-state index contributed by atoms with van der Waals surface area (Å²) in [5, 5.41) is 10.1. The van der Waals surface area contributed by atoms with Crippen LogP contribution in [-0.4, -0.2) is 23.0 Å². The minimum absolute atomic E-state index is 0.433. The standard InChI is InChI=1S/C8H5ClF2N2O4/c1-17-8(14)5-4(9)2-3(6(10)11)7(12-5)13(15)16/h2,6H,1H3. The first-order valence-corrected chi connectivity index (χ1v) is 4.47. The zero-order chi connectivity index (χ0) is 13.2. The Morgan fingerprint density at radius 1 is 1.65 bits per heavy atom. The van der Waals surface area contributed by atoms with Crippen molar-refractivity contribution in [2.75, 3.05) is 7.11 Å². The summed E-state index contributed by atoms with van der Waals surface area (Å²) in [6.45, 7) is 0. The van der Waals surface area contributed by atoms with E-state index in [0.29, 0.717) is 6.07 Å². The Morgan fingerprint density at radius 2 is 2.24 bits per heavy atom. The van der Waals surface area contributed by atoms with Crippen LogP contribution in [0.3, 0.4) is 0 Å². The van der Waals surface area contributed by atoms with E-state index in [2.05, 4.69) is 9.72 Å². The number of aromatic nitrogens is 1. The van der Waals surface area contributed by atoms with E-state index in [-0.39, 0.29) is 0 Å². The van der Waals surface area contributed by atoms with Crippen LogP contribution in [0.2, 0.25) is 5.02 Å². The van der Waals surface area contributed by atoms with E-state index in [0.717, 1.165) is 7.11 Å². The highest BCUT2D eigenvalue weighted by molar-refractivity contribution is 6.33. The van der Waals surface area contributed by atoms with Gasteiger partial charge in [0, 0.05) is 0 Å². The van der Waals surface area contributed by atoms with Gasteiger partial charge >= 0.3 is 11.8 Å². The third kappa shape index (κ3) is 2.64. The molecule has 0 radical (unpaired) electrons. The first-order chi connectivity index (χ1) is 7.88. The summed E-state index contributed by atoms with van der Waals surface area (Å²) in [4.78, 5) is 23.7. The maximum atomic E-state index is 12.5. The Bertz CT molecular complexity index is 481. The molecule has 9 heteroatoms. The molecule has 0 aliphatic carbocycles. The van der Waals surface area contributed by atoms with Crippen molar-refractivity contribution in [3.8, 4) is 0 Å². The summed E-state index contributed by atoms with van der Waals surface area (Å²) in [5.74, 6) is -2.16. The third-order valence-electron chi connectivity index (χ3n) is 1.77. The number of alkyl halides is 2. The summed E-state index contributed by atoms with van der Waals surface area (Å²) >= 11 is 5.50. The van der Waals surface area contributed by atoms with Gasteiger partial charge in [0.15, 0.2) is 0 Å². The molecule has 1 aromatic rings. The Kier molecular flexibility index (Phi) is 3.89. The van der Waals surface area contributed by atoms with Crippen molar-refractivity contribution < 1.29 is 23.2 Å². The minimum Gasteiger partial charge on any atom is -0.463 e. The first kappa shape index (κ1) is 13.2. The number of rotatable bonds is 3. The van der Waals surface area contributed by atoms with Crippen LogP contribution < -0.4 is 0 Å². The number of carbonyl (C=O) groups is 1. The molecule has 1 heterocycles. The van der Waals surface area contributed by atoms with Gasteiger partial charge in [0.05, 0.1) is 7.11 Å². The molecular formula is C8H5ClF2N2O4. The molecule has 0 bridgehead atoms. The number of esters is 1. The summed E-state index contributed by atoms with van der Waals surface area (Å²) in [7, 11) is 1.01. The Morgan fingerprint density at radius 3 is 2.65 bits per heavy atom. The third-order valence-corrected chi connectivity index (χ3v) is 2.06. The predicted octanol–water partition coefficient (Wildman–Crippen LogP) is 2.37. The number of carbonyl (C=O) groups excluding carboxylic acids is 1. The van der Waals surface area contributed by atoms with Crippen LogP contribution in [0.25, 0.3) is 0 Å². The van der Waals surface area contributed by atoms with Gasteiger partial charge < -0.3 is 14.9 Å². The lowest BCUT2D eigenvalue weighted by Gasteiger charge is -2.03. The Labute approximate surface area is 98.3 Å². The van der Waals surface area contributed by atoms with Crippen molar-refractivity contribution >= 4 is 23.4 Å². The molecule has 92 valence electrons. The Hall–Kier alpha value is -1.83. The number of nitro groups is 1. The molecule has 0 fully saturated rings. The molecule has 0 spiro atoms. The topological polar surface area (TPSA) is 82.3 Å². The second-order valence-corrected chi connectivity index (χ2v) is 3.19. The van der Waals surface area contributed by atoms with Crippen molar-refractivity contribution in [3.05, 3.63) is 32.5 Å². The number of halogens is 3. The van der Waals surface area contributed by atoms with Gasteiger partial charge in [-0.25, -0.2) is 13.6 Å². The van der Waals surface area contributed by atoms with Crippen LogP contribution in [0.4, 0.5) is 14.6 Å². The van der Waals surface area contributed by atoms with E-state index in [1.165, 1.54) is 0 Å². The van der Waals surface area contributed by atoms with Gasteiger partial charge in [-0.05, 0) is 16.0 Å². The summed E-state index contributed by atoms with van der Waals surface area (Å²) in [6, 6.07) is 0.629. The lowest BCUT2D eigenvalue weighted by Crippen LogP contribution is -2.09. The van der Waals surface area contributed by atoms with Gasteiger partial charge in [-0.15, -0.1) is 0 Å². The summed E-state index contributed by atoms with van der Waals surface area (Å²) in [6.07, 6.45) is -3.12. The van der Waals surface area contributed by atoms with E-state index in [1.807, 2.05) is 0 Å². The predicted molar refractivity (Wildman–Crippen MR) is 52.2 cm³/mol. The number of pyridine rings is 1. The van der Waals surface area contributed by atoms with Crippen LogP contribution in [0.5, 0.6) is 0 Å². The van der Waals surface area contributed by atoms with Gasteiger partial charge in [0.2, 0.25) is 0 Å². The quantitative estimate of drug-likeness (QED) is 0.476. The van der Waals surface area contributed by atoms with Crippen molar-refractivity contribution in [2.45, 2.75) is 6.43 Å². The highest BCUT2D eigenvalue weighted by Crippen LogP contribution is 2.31. The maximum absolute atomic E-state index is 12.5. The molecule has 0 N–H and O–H groups in total. The fourth-order valence-corrected chi connectivity index (χ4v) is 1.28. The van der Waals surface area contributed by atoms with E-state index < -0.39 is 39.4 Å². The molecule has 0 unspecified atom stereocenters. The lowest BCUT2D eigenvalue weighted by molar-refractivity contribution is -0.391. The van der Waals surface area contributed by atoms with Crippen LogP contribution in [0.1, 0.15) is 22.5 Å². The van der Waals surface area contributed by atoms with Crippen LogP contribution in [0, 0.1) is 10.1 Å². The fraction of sp³-hybridized carbons (Fsp3) is 0.250. The van der Waals surface area contributed by atoms with Gasteiger partial charge in [-0.2, -0.15) is 0 Å². The number of nitrogens with zero attached hydrogens (tertiary/aromatic N) is 2. The second kappa shape index (κ2) is 5.00. The fourth-order valence-electron chi connectivity index (χ4n) is 1.04. The molecule has 1 rings (SSSR count). The number of methoxy groups -OCH3 is 1. The normalized spacial score (nSPS) is 10.4. The van der Waals surface area contributed by atoms with Crippen molar-refractivity contribution in [1.82, 2.24) is 4.98 Å². The van der Waals surface area contributed by atoms with E-state index in [1.54, 1.807) is 0 Å². The smallest absolute Gasteiger partial charge is 0.384 e. The second-order valence-electron chi connectivity index (χ2n) is 2.78. The molecule has 6 nitrogen and oxygen atoms in total. The van der Waals surface area contributed by atoms with Crippen molar-refractivity contribution in [3.63, 3.8) is 0 Å². The molecule has 17 heavy (non-hydrogen) atoms. The van der Waals surface area contributed by atoms with Gasteiger partial charge in [0.1, 0.15) is 10.6 Å². The lowest BCUT2D eigenvalue weighted by atomic mass is 10.2. The SMILES string of the molecule is COC(=O)c1nc([N+](=O)[O-])c(C(F)F)cc1Cl. The number of hydrogen-bond acceptors (Lipinski definition) is 5. The molecule has 0 atom stereocenters. The highest BCUT2D eigenvalue weighted by Gasteiger charge is 2.30. The molecule has 0 saturated carbocycles. The van der Waals surface area contributed by atoms with E-state index in [4.69, 9.17) is 11.6 Å². The largest absolute Gasteiger partial charge is 0.463 e. The number of ether oxygens (including phenoxy) is 1.